The summed E-state index contributed by atoms with van der Waals surface area (Å²) in [6, 6.07) is 4.95. The standard InChI is InChI=1S/C16H27IN4S.HI/c1-3-10-21-11-7-13(8-12-21)20-16(18-2)19-9-6-14-4-5-15(17)22-14;/h4-5,13H,3,6-12H2,1-2H3,(H2,18,19,20);1H. The third kappa shape index (κ3) is 7.87. The van der Waals surface area contributed by atoms with Gasteiger partial charge in [-0.2, -0.15) is 0 Å². The third-order valence-electron chi connectivity index (χ3n) is 3.98. The Morgan fingerprint density at radius 3 is 2.70 bits per heavy atom. The summed E-state index contributed by atoms with van der Waals surface area (Å²) in [7, 11) is 1.86. The molecule has 2 heterocycles. The average Bonchev–Trinajstić information content (AvgIpc) is 2.94. The zero-order valence-corrected chi connectivity index (χ0v) is 19.3. The molecule has 0 aromatic carbocycles. The molecule has 1 aliphatic rings. The van der Waals surface area contributed by atoms with Gasteiger partial charge in [-0.1, -0.05) is 6.92 Å². The van der Waals surface area contributed by atoms with Crippen LogP contribution < -0.4 is 10.6 Å². The van der Waals surface area contributed by atoms with E-state index in [2.05, 4.69) is 62.2 Å². The number of rotatable bonds is 6. The Hall–Kier alpha value is 0.390. The summed E-state index contributed by atoms with van der Waals surface area (Å²) >= 11 is 4.24. The topological polar surface area (TPSA) is 39.7 Å². The van der Waals surface area contributed by atoms with Crippen molar-refractivity contribution in [3.8, 4) is 0 Å². The highest BCUT2D eigenvalue weighted by Crippen LogP contribution is 2.18. The first-order valence-electron chi connectivity index (χ1n) is 8.15. The lowest BCUT2D eigenvalue weighted by Gasteiger charge is -2.32. The molecule has 0 atom stereocenters. The Morgan fingerprint density at radius 2 is 2.13 bits per heavy atom. The molecule has 0 amide bonds. The monoisotopic (exact) mass is 562 g/mol. The Labute approximate surface area is 175 Å². The first-order chi connectivity index (χ1) is 10.7. The predicted molar refractivity (Wildman–Crippen MR) is 120 cm³/mol. The van der Waals surface area contributed by atoms with Crippen molar-refractivity contribution in [2.75, 3.05) is 33.2 Å². The van der Waals surface area contributed by atoms with Crippen LogP contribution in [0.15, 0.2) is 17.1 Å². The van der Waals surface area contributed by atoms with E-state index in [0.29, 0.717) is 6.04 Å². The normalized spacial score (nSPS) is 16.9. The van der Waals surface area contributed by atoms with E-state index in [0.717, 1.165) is 18.9 Å². The van der Waals surface area contributed by atoms with Crippen LogP contribution in [0.1, 0.15) is 31.1 Å². The number of hydrogen-bond acceptors (Lipinski definition) is 3. The summed E-state index contributed by atoms with van der Waals surface area (Å²) in [5.74, 6) is 0.945. The molecule has 0 spiro atoms. The first-order valence-corrected chi connectivity index (χ1v) is 10.0. The smallest absolute Gasteiger partial charge is 0.191 e. The molecule has 2 rings (SSSR count). The lowest BCUT2D eigenvalue weighted by molar-refractivity contribution is 0.206. The maximum atomic E-state index is 4.36. The van der Waals surface area contributed by atoms with Gasteiger partial charge < -0.3 is 15.5 Å². The van der Waals surface area contributed by atoms with Crippen molar-refractivity contribution in [3.63, 3.8) is 0 Å². The summed E-state index contributed by atoms with van der Waals surface area (Å²) in [6.45, 7) is 6.83. The van der Waals surface area contributed by atoms with Crippen LogP contribution in [0.2, 0.25) is 0 Å². The minimum Gasteiger partial charge on any atom is -0.356 e. The summed E-state index contributed by atoms with van der Waals surface area (Å²) in [6.07, 6.45) is 4.74. The van der Waals surface area contributed by atoms with Crippen LogP contribution in [0.4, 0.5) is 0 Å². The molecule has 1 saturated heterocycles. The van der Waals surface area contributed by atoms with Crippen molar-refractivity contribution >= 4 is 63.9 Å². The Balaban J connectivity index is 0.00000264. The molecule has 0 bridgehead atoms. The van der Waals surface area contributed by atoms with Crippen LogP contribution in [-0.2, 0) is 6.42 Å². The number of halogens is 2. The van der Waals surface area contributed by atoms with Gasteiger partial charge in [-0.05, 0) is 67.0 Å². The van der Waals surface area contributed by atoms with Crippen LogP contribution in [0.25, 0.3) is 0 Å². The zero-order chi connectivity index (χ0) is 15.8. The highest BCUT2D eigenvalue weighted by atomic mass is 127. The molecule has 1 fully saturated rings. The van der Waals surface area contributed by atoms with Crippen LogP contribution in [0.5, 0.6) is 0 Å². The summed E-state index contributed by atoms with van der Waals surface area (Å²) in [5.41, 5.74) is 0. The number of nitrogens with zero attached hydrogens (tertiary/aromatic N) is 2. The first kappa shape index (κ1) is 21.4. The van der Waals surface area contributed by atoms with Gasteiger partial charge in [0.15, 0.2) is 5.96 Å². The van der Waals surface area contributed by atoms with E-state index >= 15 is 0 Å². The lowest BCUT2D eigenvalue weighted by atomic mass is 10.1. The largest absolute Gasteiger partial charge is 0.356 e. The fourth-order valence-electron chi connectivity index (χ4n) is 2.80. The van der Waals surface area contributed by atoms with E-state index in [9.17, 15) is 0 Å². The number of aliphatic imine (C=N–C) groups is 1. The van der Waals surface area contributed by atoms with Crippen molar-refractivity contribution in [3.05, 3.63) is 19.9 Å². The predicted octanol–water partition coefficient (Wildman–Crippen LogP) is 3.55. The van der Waals surface area contributed by atoms with Gasteiger partial charge >= 0.3 is 0 Å². The van der Waals surface area contributed by atoms with Crippen LogP contribution in [-0.4, -0.2) is 50.1 Å². The molecule has 1 aromatic heterocycles. The highest BCUT2D eigenvalue weighted by Gasteiger charge is 2.19. The molecule has 0 saturated carbocycles. The minimum absolute atomic E-state index is 0. The maximum absolute atomic E-state index is 4.36. The second-order valence-corrected chi connectivity index (χ2v) is 8.78. The Morgan fingerprint density at radius 1 is 1.39 bits per heavy atom. The van der Waals surface area contributed by atoms with E-state index in [-0.39, 0.29) is 24.0 Å². The number of hydrogen-bond donors (Lipinski definition) is 2. The molecule has 0 radical (unpaired) electrons. The highest BCUT2D eigenvalue weighted by molar-refractivity contribution is 14.1. The van der Waals surface area contributed by atoms with Crippen LogP contribution in [0.3, 0.4) is 0 Å². The summed E-state index contributed by atoms with van der Waals surface area (Å²) in [5, 5.41) is 7.01. The van der Waals surface area contributed by atoms with Gasteiger partial charge in [0.05, 0.1) is 2.88 Å². The average molecular weight is 562 g/mol. The fraction of sp³-hybridized carbons (Fsp3) is 0.688. The van der Waals surface area contributed by atoms with Crippen LogP contribution in [0, 0.1) is 2.88 Å². The molecule has 7 heteroatoms. The second-order valence-electron chi connectivity index (χ2n) is 5.72. The zero-order valence-electron chi connectivity index (χ0n) is 14.0. The van der Waals surface area contributed by atoms with Crippen molar-refractivity contribution in [2.24, 2.45) is 4.99 Å². The molecular formula is C16H28I2N4S. The molecule has 4 nitrogen and oxygen atoms in total. The molecule has 2 N–H and O–H groups in total. The van der Waals surface area contributed by atoms with E-state index in [4.69, 9.17) is 0 Å². The number of guanidine groups is 1. The van der Waals surface area contributed by atoms with Gasteiger partial charge in [0.2, 0.25) is 0 Å². The van der Waals surface area contributed by atoms with E-state index in [1.54, 1.807) is 0 Å². The molecule has 23 heavy (non-hydrogen) atoms. The van der Waals surface area contributed by atoms with Crippen molar-refractivity contribution in [2.45, 2.75) is 38.6 Å². The number of nitrogens with one attached hydrogen (secondary N) is 2. The van der Waals surface area contributed by atoms with Gasteiger partial charge in [0.1, 0.15) is 0 Å². The maximum Gasteiger partial charge on any atom is 0.191 e. The quantitative estimate of drug-likeness (QED) is 0.317. The molecular weight excluding hydrogens is 534 g/mol. The fourth-order valence-corrected chi connectivity index (χ4v) is 4.55. The van der Waals surface area contributed by atoms with Crippen molar-refractivity contribution < 1.29 is 0 Å². The molecule has 1 aliphatic heterocycles. The number of piperidine rings is 1. The lowest BCUT2D eigenvalue weighted by Crippen LogP contribution is -2.49. The number of thiophene rings is 1. The summed E-state index contributed by atoms with van der Waals surface area (Å²) < 4.78 is 1.36. The Kier molecular flexibility index (Phi) is 11.1. The third-order valence-corrected chi connectivity index (χ3v) is 5.94. The van der Waals surface area contributed by atoms with Gasteiger partial charge in [-0.15, -0.1) is 35.3 Å². The molecule has 0 unspecified atom stereocenters. The molecule has 0 aliphatic carbocycles. The SMILES string of the molecule is CCCN1CCC(NC(=NC)NCCc2ccc(I)s2)CC1.I. The van der Waals surface area contributed by atoms with Gasteiger partial charge in [-0.25, -0.2) is 0 Å². The van der Waals surface area contributed by atoms with E-state index in [1.807, 2.05) is 18.4 Å². The second kappa shape index (κ2) is 11.9. The molecule has 1 aromatic rings. The van der Waals surface area contributed by atoms with Crippen LogP contribution >= 0.6 is 57.9 Å². The van der Waals surface area contributed by atoms with E-state index in [1.165, 1.54) is 46.7 Å². The van der Waals surface area contributed by atoms with E-state index < -0.39 is 0 Å². The minimum atomic E-state index is 0. The summed E-state index contributed by atoms with van der Waals surface area (Å²) in [4.78, 5) is 8.35. The van der Waals surface area contributed by atoms with Gasteiger partial charge in [0.25, 0.3) is 0 Å². The molecule has 132 valence electrons. The van der Waals surface area contributed by atoms with Gasteiger partial charge in [0, 0.05) is 37.6 Å². The van der Waals surface area contributed by atoms with Gasteiger partial charge in [-0.3, -0.25) is 4.99 Å². The van der Waals surface area contributed by atoms with Crippen molar-refractivity contribution in [1.82, 2.24) is 15.5 Å². The Bertz CT molecular complexity index is 470. The van der Waals surface area contributed by atoms with Crippen molar-refractivity contribution in [1.29, 1.82) is 0 Å². The number of likely N-dealkylation sites (tertiary alicyclic amines) is 1.